The summed E-state index contributed by atoms with van der Waals surface area (Å²) in [6.45, 7) is 2.15. The molecule has 2 aromatic carbocycles. The molecule has 2 rings (SSSR count). The molecule has 11 N–H and O–H groups in total. The normalized spacial score (nSPS) is 14.4. The van der Waals surface area contributed by atoms with Gasteiger partial charge in [-0.25, -0.2) is 4.79 Å². The summed E-state index contributed by atoms with van der Waals surface area (Å²) >= 11 is 0. The molecule has 17 nitrogen and oxygen atoms in total. The summed E-state index contributed by atoms with van der Waals surface area (Å²) in [6, 6.07) is 6.83. The second kappa shape index (κ2) is 20.1. The molecule has 0 aliphatic rings. The number of rotatable bonds is 20. The van der Waals surface area contributed by atoms with Crippen molar-refractivity contribution in [2.24, 2.45) is 5.73 Å². The molecule has 17 heteroatoms. The molecule has 0 unspecified atom stereocenters. The Hall–Kier alpha value is -5.55. The van der Waals surface area contributed by atoms with Crippen LogP contribution in [0.15, 0.2) is 54.6 Å². The number of nitrogens with two attached hydrogens (primary N) is 1. The van der Waals surface area contributed by atoms with Crippen molar-refractivity contribution in [3.63, 3.8) is 0 Å². The number of aliphatic hydroxyl groups excluding tert-OH is 1. The van der Waals surface area contributed by atoms with E-state index in [0.717, 1.165) is 0 Å². The zero-order valence-electron chi connectivity index (χ0n) is 27.6. The van der Waals surface area contributed by atoms with Crippen molar-refractivity contribution < 1.29 is 54.0 Å². The van der Waals surface area contributed by atoms with Crippen LogP contribution < -0.4 is 32.3 Å². The summed E-state index contributed by atoms with van der Waals surface area (Å²) in [5, 5.41) is 49.2. The minimum absolute atomic E-state index is 0.0151. The Morgan fingerprint density at radius 2 is 1.16 bits per heavy atom. The molecule has 0 bridgehead atoms. The highest BCUT2D eigenvalue weighted by Crippen LogP contribution is 2.13. The summed E-state index contributed by atoms with van der Waals surface area (Å²) < 4.78 is 0. The smallest absolute Gasteiger partial charge is 0.326 e. The van der Waals surface area contributed by atoms with Gasteiger partial charge in [0.25, 0.3) is 0 Å². The Labute approximate surface area is 288 Å². The highest BCUT2D eigenvalue weighted by atomic mass is 16.4. The number of amides is 5. The number of carboxylic acid groups (broad SMARTS) is 2. The van der Waals surface area contributed by atoms with Crippen molar-refractivity contribution in [2.45, 2.75) is 82.2 Å². The number of carboxylic acids is 2. The summed E-state index contributed by atoms with van der Waals surface area (Å²) in [6.07, 6.45) is -0.714. The van der Waals surface area contributed by atoms with E-state index in [0.29, 0.717) is 11.1 Å². The Balaban J connectivity index is 2.10. The number of aryl methyl sites for hydroxylation is 1. The number of phenolic OH excluding ortho intramolecular Hbond substituents is 1. The summed E-state index contributed by atoms with van der Waals surface area (Å²) in [5.74, 6) is -6.79. The van der Waals surface area contributed by atoms with Crippen molar-refractivity contribution in [3.8, 4) is 5.75 Å². The molecule has 0 heterocycles. The van der Waals surface area contributed by atoms with Crippen LogP contribution >= 0.6 is 0 Å². The molecule has 0 aliphatic carbocycles. The molecule has 0 fully saturated rings. The van der Waals surface area contributed by atoms with E-state index in [9.17, 15) is 48.9 Å². The maximum absolute atomic E-state index is 13.2. The Morgan fingerprint density at radius 3 is 1.72 bits per heavy atom. The number of aromatic hydroxyl groups is 1. The lowest BCUT2D eigenvalue weighted by molar-refractivity contribution is -0.142. The predicted molar refractivity (Wildman–Crippen MR) is 177 cm³/mol. The molecule has 0 aromatic heterocycles. The summed E-state index contributed by atoms with van der Waals surface area (Å²) in [7, 11) is 0. The van der Waals surface area contributed by atoms with Gasteiger partial charge in [-0.2, -0.15) is 0 Å². The molecular weight excluding hydrogens is 656 g/mol. The van der Waals surface area contributed by atoms with E-state index in [2.05, 4.69) is 26.6 Å². The first-order valence-corrected chi connectivity index (χ1v) is 15.8. The molecule has 5 amide bonds. The maximum Gasteiger partial charge on any atom is 0.326 e. The average molecular weight is 701 g/mol. The highest BCUT2D eigenvalue weighted by Gasteiger charge is 2.30. The number of carbonyl (C=O) groups is 7. The van der Waals surface area contributed by atoms with Gasteiger partial charge in [-0.05, 0) is 49.9 Å². The van der Waals surface area contributed by atoms with E-state index >= 15 is 0 Å². The lowest BCUT2D eigenvalue weighted by Crippen LogP contribution is -2.58. The third-order valence-corrected chi connectivity index (χ3v) is 7.47. The van der Waals surface area contributed by atoms with E-state index in [1.807, 2.05) is 0 Å². The van der Waals surface area contributed by atoms with Crippen molar-refractivity contribution >= 4 is 41.5 Å². The zero-order chi connectivity index (χ0) is 37.4. The number of nitrogens with one attached hydrogen (secondary N) is 5. The first-order chi connectivity index (χ1) is 23.6. The molecule has 6 atom stereocenters. The summed E-state index contributed by atoms with van der Waals surface area (Å²) in [4.78, 5) is 87.5. The fourth-order valence-corrected chi connectivity index (χ4v) is 4.60. The first-order valence-electron chi connectivity index (χ1n) is 15.8. The Morgan fingerprint density at radius 1 is 0.640 bits per heavy atom. The van der Waals surface area contributed by atoms with Crippen LogP contribution in [0.25, 0.3) is 0 Å². The van der Waals surface area contributed by atoms with Gasteiger partial charge < -0.3 is 52.7 Å². The highest BCUT2D eigenvalue weighted by molar-refractivity contribution is 5.96. The number of hydrogen-bond acceptors (Lipinski definition) is 10. The van der Waals surface area contributed by atoms with Crippen molar-refractivity contribution in [3.05, 3.63) is 65.7 Å². The van der Waals surface area contributed by atoms with Gasteiger partial charge in [0.1, 0.15) is 36.0 Å². The fourth-order valence-electron chi connectivity index (χ4n) is 4.60. The van der Waals surface area contributed by atoms with Crippen LogP contribution in [0.3, 0.4) is 0 Å². The van der Waals surface area contributed by atoms with E-state index < -0.39 is 90.8 Å². The topological polar surface area (TPSA) is 287 Å². The lowest BCUT2D eigenvalue weighted by Gasteiger charge is -2.25. The minimum Gasteiger partial charge on any atom is -0.508 e. The van der Waals surface area contributed by atoms with Crippen LogP contribution in [0.4, 0.5) is 0 Å². The average Bonchev–Trinajstić information content (AvgIpc) is 3.06. The van der Waals surface area contributed by atoms with Gasteiger partial charge in [-0.1, -0.05) is 42.5 Å². The predicted octanol–water partition coefficient (Wildman–Crippen LogP) is -1.70. The quantitative estimate of drug-likeness (QED) is 0.0740. The summed E-state index contributed by atoms with van der Waals surface area (Å²) in [5.41, 5.74) is 7.01. The molecule has 2 aromatic rings. The standard InChI is InChI=1S/C33H44N6O11/c1-18(36-31(47)24(37-30(46)23(34)17-27(42)43)13-10-20-8-11-22(41)12-9-20)28(44)35-19(2)29(45)39-26(16-21-6-4-3-5-7-21)32(48)38-25(14-15-40)33(49)50/h3-9,11-12,18-19,23-26,40-41H,10,13-17,34H2,1-2H3,(H,35,44)(H,36,47)(H,37,46)(H,38,48)(H,39,45)(H,42,43)(H,49,50)/t18-,19-,23-,24-,25-,26-/m0/s1. The second-order valence-corrected chi connectivity index (χ2v) is 11.6. The van der Waals surface area contributed by atoms with E-state index in [4.69, 9.17) is 10.8 Å². The minimum atomic E-state index is -1.45. The third-order valence-electron chi connectivity index (χ3n) is 7.47. The molecule has 0 spiro atoms. The molecule has 0 saturated carbocycles. The number of benzene rings is 2. The number of phenols is 1. The molecule has 0 aliphatic heterocycles. The van der Waals surface area contributed by atoms with Crippen LogP contribution in [0.1, 0.15) is 44.2 Å². The van der Waals surface area contributed by atoms with Gasteiger partial charge in [0.15, 0.2) is 0 Å². The number of hydrogen-bond donors (Lipinski definition) is 10. The van der Waals surface area contributed by atoms with Gasteiger partial charge >= 0.3 is 11.9 Å². The second-order valence-electron chi connectivity index (χ2n) is 11.6. The van der Waals surface area contributed by atoms with E-state index in [1.54, 1.807) is 42.5 Å². The fraction of sp³-hybridized carbons (Fsp3) is 0.424. The Kier molecular flexibility index (Phi) is 16.3. The first kappa shape index (κ1) is 40.6. The maximum atomic E-state index is 13.2. The van der Waals surface area contributed by atoms with Crippen LogP contribution in [-0.2, 0) is 46.4 Å². The molecule has 0 saturated heterocycles. The molecule has 0 radical (unpaired) electrons. The van der Waals surface area contributed by atoms with Gasteiger partial charge in [-0.15, -0.1) is 0 Å². The van der Waals surface area contributed by atoms with Crippen LogP contribution in [0.2, 0.25) is 0 Å². The van der Waals surface area contributed by atoms with Crippen molar-refractivity contribution in [2.75, 3.05) is 6.61 Å². The molecule has 272 valence electrons. The zero-order valence-corrected chi connectivity index (χ0v) is 27.6. The lowest BCUT2D eigenvalue weighted by atomic mass is 10.0. The van der Waals surface area contributed by atoms with Crippen LogP contribution in [0.5, 0.6) is 5.75 Å². The van der Waals surface area contributed by atoms with E-state index in [-0.39, 0.29) is 31.4 Å². The number of aliphatic carboxylic acids is 2. The van der Waals surface area contributed by atoms with Gasteiger partial charge in [0.2, 0.25) is 29.5 Å². The SMILES string of the molecule is C[C@H](NC(=O)[C@H](C)NC(=O)[C@H](CCc1ccc(O)cc1)NC(=O)[C@@H](N)CC(=O)O)C(=O)N[C@@H](Cc1ccccc1)C(=O)N[C@@H](CCO)C(=O)O. The largest absolute Gasteiger partial charge is 0.508 e. The van der Waals surface area contributed by atoms with Gasteiger partial charge in [0.05, 0.1) is 12.5 Å². The Bertz CT molecular complexity index is 1490. The van der Waals surface area contributed by atoms with E-state index in [1.165, 1.54) is 26.0 Å². The van der Waals surface area contributed by atoms with Crippen LogP contribution in [0, 0.1) is 0 Å². The third kappa shape index (κ3) is 13.9. The number of aliphatic hydroxyl groups is 1. The molecule has 50 heavy (non-hydrogen) atoms. The number of carbonyl (C=O) groups excluding carboxylic acids is 5. The van der Waals surface area contributed by atoms with Crippen molar-refractivity contribution in [1.82, 2.24) is 26.6 Å². The monoisotopic (exact) mass is 700 g/mol. The van der Waals surface area contributed by atoms with Crippen molar-refractivity contribution in [1.29, 1.82) is 0 Å². The van der Waals surface area contributed by atoms with Gasteiger partial charge in [-0.3, -0.25) is 28.8 Å². The van der Waals surface area contributed by atoms with Gasteiger partial charge in [0, 0.05) is 19.4 Å². The van der Waals surface area contributed by atoms with Crippen LogP contribution in [-0.4, -0.2) is 105 Å². The molecular formula is C33H44N6O11.